The number of hydrogen-bond donors (Lipinski definition) is 0. The Morgan fingerprint density at radius 3 is 2.26 bits per heavy atom. The molecular formula is C25H20O5S. The predicted molar refractivity (Wildman–Crippen MR) is 117 cm³/mol. The molecule has 6 heteroatoms. The van der Waals surface area contributed by atoms with E-state index in [9.17, 15) is 13.2 Å². The second kappa shape index (κ2) is 7.71. The number of fused-ring (bicyclic) bond motifs is 2. The molecule has 0 unspecified atom stereocenters. The zero-order valence-electron chi connectivity index (χ0n) is 16.7. The van der Waals surface area contributed by atoms with Gasteiger partial charge in [-0.25, -0.2) is 13.2 Å². The molecule has 1 aromatic heterocycles. The average Bonchev–Trinajstić information content (AvgIpc) is 3.24. The summed E-state index contributed by atoms with van der Waals surface area (Å²) in [5.74, 6) is 0.523. The van der Waals surface area contributed by atoms with Crippen LogP contribution in [0.3, 0.4) is 0 Å². The summed E-state index contributed by atoms with van der Waals surface area (Å²) < 4.78 is 36.7. The standard InChI is InChI=1S/C25H20O5S/c26-25-15-19(23-13-17-5-4-6-18(17)14-24(23)30-25)16-29-20-9-11-22(12-10-20)31(27,28)21-7-2-1-3-8-21/h1-3,7-15H,4-6,16H2. The van der Waals surface area contributed by atoms with Gasteiger partial charge in [0.2, 0.25) is 9.84 Å². The van der Waals surface area contributed by atoms with E-state index < -0.39 is 15.5 Å². The molecule has 0 saturated carbocycles. The maximum Gasteiger partial charge on any atom is 0.336 e. The first-order chi connectivity index (χ1) is 15.0. The van der Waals surface area contributed by atoms with Gasteiger partial charge in [-0.05, 0) is 78.9 Å². The van der Waals surface area contributed by atoms with Gasteiger partial charge in [0.1, 0.15) is 17.9 Å². The molecule has 1 aliphatic rings. The van der Waals surface area contributed by atoms with Gasteiger partial charge in [0.25, 0.3) is 0 Å². The van der Waals surface area contributed by atoms with Gasteiger partial charge in [-0.3, -0.25) is 0 Å². The summed E-state index contributed by atoms with van der Waals surface area (Å²) >= 11 is 0. The Balaban J connectivity index is 1.39. The molecule has 0 N–H and O–H groups in total. The zero-order chi connectivity index (χ0) is 21.4. The molecule has 156 valence electrons. The summed E-state index contributed by atoms with van der Waals surface area (Å²) in [5, 5.41) is 0.878. The number of aryl methyl sites for hydroxylation is 2. The molecule has 0 spiro atoms. The minimum absolute atomic E-state index is 0.186. The number of sulfone groups is 1. The van der Waals surface area contributed by atoms with E-state index >= 15 is 0 Å². The molecule has 0 fully saturated rings. The molecule has 0 aliphatic heterocycles. The molecule has 0 saturated heterocycles. The number of ether oxygens (including phenoxy) is 1. The SMILES string of the molecule is O=c1cc(COc2ccc(S(=O)(=O)c3ccccc3)cc2)c2cc3c(cc2o1)CCC3. The third-order valence-electron chi connectivity index (χ3n) is 5.62. The molecule has 1 aliphatic carbocycles. The molecule has 5 nitrogen and oxygen atoms in total. The maximum atomic E-state index is 12.7. The van der Waals surface area contributed by atoms with Crippen molar-refractivity contribution in [1.82, 2.24) is 0 Å². The van der Waals surface area contributed by atoms with Gasteiger partial charge in [-0.1, -0.05) is 18.2 Å². The van der Waals surface area contributed by atoms with Crippen LogP contribution in [0.1, 0.15) is 23.1 Å². The van der Waals surface area contributed by atoms with E-state index in [1.807, 2.05) is 6.07 Å². The molecule has 4 aromatic rings. The molecule has 0 bridgehead atoms. The van der Waals surface area contributed by atoms with Crippen molar-refractivity contribution < 1.29 is 17.6 Å². The molecule has 0 amide bonds. The van der Waals surface area contributed by atoms with E-state index in [-0.39, 0.29) is 16.4 Å². The number of benzene rings is 3. The van der Waals surface area contributed by atoms with Crippen LogP contribution in [0.2, 0.25) is 0 Å². The van der Waals surface area contributed by atoms with Crippen LogP contribution in [0.4, 0.5) is 0 Å². The minimum atomic E-state index is -3.57. The first kappa shape index (κ1) is 19.6. The van der Waals surface area contributed by atoms with Crippen molar-refractivity contribution in [2.75, 3.05) is 0 Å². The first-order valence-corrected chi connectivity index (χ1v) is 11.6. The molecule has 31 heavy (non-hydrogen) atoms. The highest BCUT2D eigenvalue weighted by Gasteiger charge is 2.18. The molecule has 5 rings (SSSR count). The highest BCUT2D eigenvalue weighted by molar-refractivity contribution is 7.91. The quantitative estimate of drug-likeness (QED) is 0.428. The molecule has 0 atom stereocenters. The lowest BCUT2D eigenvalue weighted by Crippen LogP contribution is -2.05. The van der Waals surface area contributed by atoms with Crippen LogP contribution in [-0.4, -0.2) is 8.42 Å². The van der Waals surface area contributed by atoms with E-state index in [1.165, 1.54) is 29.3 Å². The van der Waals surface area contributed by atoms with Crippen LogP contribution in [0.15, 0.2) is 91.8 Å². The third-order valence-corrected chi connectivity index (χ3v) is 7.41. The van der Waals surface area contributed by atoms with E-state index in [2.05, 4.69) is 6.07 Å². The summed E-state index contributed by atoms with van der Waals surface area (Å²) in [4.78, 5) is 12.5. The van der Waals surface area contributed by atoms with Gasteiger partial charge in [0, 0.05) is 17.0 Å². The van der Waals surface area contributed by atoms with Crippen molar-refractivity contribution in [3.63, 3.8) is 0 Å². The molecular weight excluding hydrogens is 412 g/mol. The second-order valence-corrected chi connectivity index (χ2v) is 9.59. The fraction of sp³-hybridized carbons (Fsp3) is 0.160. The zero-order valence-corrected chi connectivity index (χ0v) is 17.5. The Morgan fingerprint density at radius 1 is 0.839 bits per heavy atom. The Kier molecular flexibility index (Phi) is 4.87. The van der Waals surface area contributed by atoms with Crippen LogP contribution in [-0.2, 0) is 29.3 Å². The fourth-order valence-electron chi connectivity index (χ4n) is 4.03. The van der Waals surface area contributed by atoms with Gasteiger partial charge in [-0.2, -0.15) is 0 Å². The summed E-state index contributed by atoms with van der Waals surface area (Å²) in [6.07, 6.45) is 3.15. The van der Waals surface area contributed by atoms with Crippen molar-refractivity contribution in [3.05, 3.63) is 99.9 Å². The summed E-state index contributed by atoms with van der Waals surface area (Å²) in [5.41, 5.74) is 3.45. The Morgan fingerprint density at radius 2 is 1.52 bits per heavy atom. The highest BCUT2D eigenvalue weighted by atomic mass is 32.2. The smallest absolute Gasteiger partial charge is 0.336 e. The number of rotatable bonds is 5. The fourth-order valence-corrected chi connectivity index (χ4v) is 5.31. The molecule has 3 aromatic carbocycles. The van der Waals surface area contributed by atoms with Crippen molar-refractivity contribution in [3.8, 4) is 5.75 Å². The van der Waals surface area contributed by atoms with Crippen LogP contribution in [0.5, 0.6) is 5.75 Å². The van der Waals surface area contributed by atoms with Crippen molar-refractivity contribution in [2.24, 2.45) is 0 Å². The predicted octanol–water partition coefficient (Wildman–Crippen LogP) is 4.69. The lowest BCUT2D eigenvalue weighted by Gasteiger charge is -2.11. The van der Waals surface area contributed by atoms with Gasteiger partial charge < -0.3 is 9.15 Å². The first-order valence-electron chi connectivity index (χ1n) is 10.1. The van der Waals surface area contributed by atoms with Crippen LogP contribution in [0, 0.1) is 0 Å². The number of hydrogen-bond acceptors (Lipinski definition) is 5. The lowest BCUT2D eigenvalue weighted by molar-refractivity contribution is 0.306. The lowest BCUT2D eigenvalue weighted by atomic mass is 10.0. The Labute approximate surface area is 179 Å². The normalized spacial score (nSPS) is 13.3. The van der Waals surface area contributed by atoms with Gasteiger partial charge in [0.15, 0.2) is 0 Å². The maximum absolute atomic E-state index is 12.7. The highest BCUT2D eigenvalue weighted by Crippen LogP contribution is 2.29. The minimum Gasteiger partial charge on any atom is -0.489 e. The Bertz CT molecular complexity index is 1420. The van der Waals surface area contributed by atoms with Crippen LogP contribution >= 0.6 is 0 Å². The van der Waals surface area contributed by atoms with Crippen molar-refractivity contribution in [1.29, 1.82) is 0 Å². The largest absolute Gasteiger partial charge is 0.489 e. The topological polar surface area (TPSA) is 73.6 Å². The second-order valence-electron chi connectivity index (χ2n) is 7.64. The van der Waals surface area contributed by atoms with Crippen LogP contribution < -0.4 is 10.4 Å². The molecule has 1 heterocycles. The van der Waals surface area contributed by atoms with E-state index in [4.69, 9.17) is 9.15 Å². The summed E-state index contributed by atoms with van der Waals surface area (Å²) in [6.45, 7) is 0.186. The van der Waals surface area contributed by atoms with Gasteiger partial charge in [-0.15, -0.1) is 0 Å². The van der Waals surface area contributed by atoms with Crippen LogP contribution in [0.25, 0.3) is 11.0 Å². The van der Waals surface area contributed by atoms with Gasteiger partial charge >= 0.3 is 5.63 Å². The van der Waals surface area contributed by atoms with E-state index in [0.29, 0.717) is 11.3 Å². The Hall–Kier alpha value is -3.38. The summed E-state index contributed by atoms with van der Waals surface area (Å²) in [7, 11) is -3.57. The molecule has 0 radical (unpaired) electrons. The van der Waals surface area contributed by atoms with Crippen molar-refractivity contribution >= 4 is 20.8 Å². The van der Waals surface area contributed by atoms with E-state index in [0.717, 1.165) is 30.2 Å². The average molecular weight is 432 g/mol. The summed E-state index contributed by atoms with van der Waals surface area (Å²) in [6, 6.07) is 20.1. The van der Waals surface area contributed by atoms with Crippen molar-refractivity contribution in [2.45, 2.75) is 35.7 Å². The van der Waals surface area contributed by atoms with Gasteiger partial charge in [0.05, 0.1) is 9.79 Å². The van der Waals surface area contributed by atoms with E-state index in [1.54, 1.807) is 42.5 Å². The third kappa shape index (κ3) is 3.75. The monoisotopic (exact) mass is 432 g/mol.